The average molecular weight is 424 g/mol. The maximum Gasteiger partial charge on any atom is 0.205 e. The molecule has 0 aromatic heterocycles. The molecule has 1 aromatic carbocycles. The van der Waals surface area contributed by atoms with Crippen molar-refractivity contribution in [1.82, 2.24) is 19.7 Å². The number of nitrogens with two attached hydrogens (primary N) is 1. The van der Waals surface area contributed by atoms with Gasteiger partial charge < -0.3 is 20.9 Å². The molecule has 0 aliphatic carbocycles. The number of Topliss-reactive ketones (excluding diaryl/α,β-unsaturated/α-hetero) is 1. The summed E-state index contributed by atoms with van der Waals surface area (Å²) < 4.78 is 2.15. The van der Waals surface area contributed by atoms with Crippen LogP contribution in [0.15, 0.2) is 24.3 Å². The van der Waals surface area contributed by atoms with E-state index in [0.29, 0.717) is 24.5 Å². The minimum absolute atomic E-state index is 0.00989. The Bertz CT molecular complexity index is 1020. The molecule has 8 nitrogen and oxygen atoms in total. The molecular weight excluding hydrogens is 390 g/mol. The first kappa shape index (κ1) is 22.7. The zero-order chi connectivity index (χ0) is 22.7. The van der Waals surface area contributed by atoms with Crippen molar-refractivity contribution in [1.29, 1.82) is 0 Å². The van der Waals surface area contributed by atoms with Gasteiger partial charge >= 0.3 is 0 Å². The molecule has 1 atom stereocenters. The van der Waals surface area contributed by atoms with Crippen LogP contribution in [0.4, 0.5) is 11.8 Å². The first-order chi connectivity index (χ1) is 14.7. The van der Waals surface area contributed by atoms with Crippen molar-refractivity contribution in [2.24, 2.45) is 5.73 Å². The summed E-state index contributed by atoms with van der Waals surface area (Å²) in [4.78, 5) is 16.6. The van der Waals surface area contributed by atoms with E-state index in [-0.39, 0.29) is 23.8 Å². The molecule has 3 rings (SSSR count). The van der Waals surface area contributed by atoms with Gasteiger partial charge in [0.25, 0.3) is 0 Å². The zero-order valence-electron chi connectivity index (χ0n) is 19.2. The monoisotopic (exact) mass is 423 g/mol. The van der Waals surface area contributed by atoms with Crippen LogP contribution >= 0.6 is 0 Å². The number of rotatable bonds is 9. The minimum atomic E-state index is -0.00989. The summed E-state index contributed by atoms with van der Waals surface area (Å²) in [5, 5.41) is 15.8. The van der Waals surface area contributed by atoms with Crippen LogP contribution in [0.2, 0.25) is 0 Å². The Balaban J connectivity index is 2.04. The molecule has 8 heteroatoms. The van der Waals surface area contributed by atoms with Crippen molar-refractivity contribution in [3.8, 4) is 11.4 Å². The Hall–Kier alpha value is -3.00. The normalized spacial score (nSPS) is 12.5. The van der Waals surface area contributed by atoms with Gasteiger partial charge in [-0.05, 0) is 45.2 Å². The summed E-state index contributed by atoms with van der Waals surface area (Å²) in [7, 11) is 0. The molecule has 2 aliphatic rings. The lowest BCUT2D eigenvalue weighted by atomic mass is 10.1. The van der Waals surface area contributed by atoms with Crippen LogP contribution < -0.4 is 16.4 Å². The van der Waals surface area contributed by atoms with E-state index in [1.807, 2.05) is 31.2 Å². The summed E-state index contributed by atoms with van der Waals surface area (Å²) >= 11 is 0. The van der Waals surface area contributed by atoms with Gasteiger partial charge in [0.1, 0.15) is 0 Å². The van der Waals surface area contributed by atoms with E-state index in [4.69, 9.17) is 10.7 Å². The minimum Gasteiger partial charge on any atom is -0.364 e. The molecule has 0 saturated carbocycles. The smallest absolute Gasteiger partial charge is 0.205 e. The highest BCUT2D eigenvalue weighted by Crippen LogP contribution is 2.37. The fourth-order valence-electron chi connectivity index (χ4n) is 3.51. The third kappa shape index (κ3) is 5.02. The number of nitrogens with zero attached hydrogens (tertiary/aromatic N) is 4. The van der Waals surface area contributed by atoms with Crippen LogP contribution in [0.5, 0.6) is 0 Å². The van der Waals surface area contributed by atoms with Crippen molar-refractivity contribution in [3.63, 3.8) is 0 Å². The summed E-state index contributed by atoms with van der Waals surface area (Å²) in [5.41, 5.74) is 10.3. The predicted molar refractivity (Wildman–Crippen MR) is 125 cm³/mol. The molecule has 0 fully saturated rings. The number of nitrogens with one attached hydrogen (secondary N) is 2. The first-order valence-corrected chi connectivity index (χ1v) is 10.8. The Labute approximate surface area is 184 Å². The molecule has 0 amide bonds. The second kappa shape index (κ2) is 9.43. The number of carbonyl (C=O) groups excluding carboxylic acids is 1. The Morgan fingerprint density at radius 1 is 1.13 bits per heavy atom. The largest absolute Gasteiger partial charge is 0.364 e. The fourth-order valence-corrected chi connectivity index (χ4v) is 3.51. The van der Waals surface area contributed by atoms with E-state index in [1.165, 1.54) is 0 Å². The average Bonchev–Trinajstić information content (AvgIpc) is 3.15. The lowest BCUT2D eigenvalue weighted by molar-refractivity contribution is 0.101. The van der Waals surface area contributed by atoms with Crippen molar-refractivity contribution in [3.05, 3.63) is 41.1 Å². The van der Waals surface area contributed by atoms with E-state index in [2.05, 4.69) is 53.1 Å². The lowest BCUT2D eigenvalue weighted by Crippen LogP contribution is -2.28. The van der Waals surface area contributed by atoms with Gasteiger partial charge in [0.05, 0.1) is 11.4 Å². The summed E-state index contributed by atoms with van der Waals surface area (Å²) in [6, 6.07) is 7.75. The Morgan fingerprint density at radius 3 is 2.48 bits per heavy atom. The second-order valence-corrected chi connectivity index (χ2v) is 8.65. The lowest BCUT2D eigenvalue weighted by Gasteiger charge is -2.25. The van der Waals surface area contributed by atoms with Crippen LogP contribution in [0.3, 0.4) is 0 Å². The molecule has 0 bridgehead atoms. The van der Waals surface area contributed by atoms with Crippen molar-refractivity contribution < 1.29 is 4.79 Å². The maximum atomic E-state index is 11.7. The van der Waals surface area contributed by atoms with Gasteiger partial charge in [-0.15, -0.1) is 5.10 Å². The molecule has 2 heterocycles. The van der Waals surface area contributed by atoms with Gasteiger partial charge in [0, 0.05) is 30.7 Å². The number of ketones is 1. The number of carbonyl (C=O) groups is 1. The Kier molecular flexibility index (Phi) is 6.90. The van der Waals surface area contributed by atoms with Gasteiger partial charge in [-0.1, -0.05) is 32.0 Å². The van der Waals surface area contributed by atoms with Crippen molar-refractivity contribution >= 4 is 17.5 Å². The van der Waals surface area contributed by atoms with E-state index in [1.54, 1.807) is 6.92 Å². The number of hydrogen-bond acceptors (Lipinski definition) is 7. The summed E-state index contributed by atoms with van der Waals surface area (Å²) in [5.74, 6) is 1.66. The standard InChI is InChI=1S/C23H33N7O/c1-13(2)19-21-20(29-28-19)22(25-12-17-8-7-9-18(10-17)16(6)31)27-23(26-11-15(5)24)30(21)14(3)4/h7-10,13-15,25H,11-12,24H2,1-6H3,(H,26,27). The molecule has 31 heavy (non-hydrogen) atoms. The molecule has 0 spiro atoms. The van der Waals surface area contributed by atoms with Gasteiger partial charge in [0.15, 0.2) is 17.3 Å². The van der Waals surface area contributed by atoms with Crippen LogP contribution in [0.1, 0.15) is 75.1 Å². The molecular formula is C23H33N7O. The molecule has 2 aliphatic heterocycles. The molecule has 0 radical (unpaired) electrons. The number of benzene rings is 1. The quantitative estimate of drug-likeness (QED) is 0.445. The Morgan fingerprint density at radius 2 is 1.87 bits per heavy atom. The topological polar surface area (TPSA) is 111 Å². The van der Waals surface area contributed by atoms with E-state index in [0.717, 1.165) is 28.6 Å². The number of anilines is 2. The highest BCUT2D eigenvalue weighted by atomic mass is 16.1. The number of aromatic nitrogens is 4. The highest BCUT2D eigenvalue weighted by Gasteiger charge is 2.27. The van der Waals surface area contributed by atoms with Gasteiger partial charge in [0.2, 0.25) is 5.95 Å². The van der Waals surface area contributed by atoms with Crippen LogP contribution in [0.25, 0.3) is 11.4 Å². The van der Waals surface area contributed by atoms with Crippen LogP contribution in [-0.4, -0.2) is 38.1 Å². The molecule has 1 unspecified atom stereocenters. The van der Waals surface area contributed by atoms with E-state index >= 15 is 0 Å². The van der Waals surface area contributed by atoms with Gasteiger partial charge in [-0.2, -0.15) is 10.1 Å². The third-order valence-electron chi connectivity index (χ3n) is 5.07. The SMILES string of the molecule is CC(=O)c1cccc(CNc2nc(NCC(C)N)n(C(C)C)c3c(C(C)C)nnc2-3)c1. The number of fused-ring (bicyclic) bond motifs is 1. The third-order valence-corrected chi connectivity index (χ3v) is 5.07. The van der Waals surface area contributed by atoms with E-state index in [9.17, 15) is 4.79 Å². The second-order valence-electron chi connectivity index (χ2n) is 8.65. The van der Waals surface area contributed by atoms with Crippen LogP contribution in [0, 0.1) is 0 Å². The summed E-state index contributed by atoms with van der Waals surface area (Å²) in [6.07, 6.45) is 0. The van der Waals surface area contributed by atoms with Crippen molar-refractivity contribution in [2.75, 3.05) is 17.2 Å². The van der Waals surface area contributed by atoms with E-state index < -0.39 is 0 Å². The van der Waals surface area contributed by atoms with Crippen molar-refractivity contribution in [2.45, 2.75) is 66.1 Å². The maximum absolute atomic E-state index is 11.7. The predicted octanol–water partition coefficient (Wildman–Crippen LogP) is 4.06. The fraction of sp³-hybridized carbons (Fsp3) is 0.478. The van der Waals surface area contributed by atoms with Gasteiger partial charge in [-0.3, -0.25) is 4.79 Å². The number of hydrogen-bond donors (Lipinski definition) is 3. The highest BCUT2D eigenvalue weighted by molar-refractivity contribution is 5.94. The first-order valence-electron chi connectivity index (χ1n) is 10.8. The van der Waals surface area contributed by atoms with Crippen LogP contribution in [-0.2, 0) is 6.54 Å². The van der Waals surface area contributed by atoms with Gasteiger partial charge in [-0.25, -0.2) is 0 Å². The molecule has 4 N–H and O–H groups in total. The molecule has 166 valence electrons. The summed E-state index contributed by atoms with van der Waals surface area (Å²) in [6.45, 7) is 13.1. The molecule has 1 aromatic rings. The zero-order valence-corrected chi connectivity index (χ0v) is 19.2. The molecule has 0 saturated heterocycles.